The average molecular weight is 453 g/mol. The van der Waals surface area contributed by atoms with Gasteiger partial charge in [-0.3, -0.25) is 19.6 Å². The second-order valence-corrected chi connectivity index (χ2v) is 8.09. The van der Waals surface area contributed by atoms with Crippen LogP contribution in [0.5, 0.6) is 0 Å². The van der Waals surface area contributed by atoms with Crippen LogP contribution >= 0.6 is 23.4 Å². The summed E-state index contributed by atoms with van der Waals surface area (Å²) in [4.78, 5) is 47.7. The van der Waals surface area contributed by atoms with Crippen molar-refractivity contribution in [3.05, 3.63) is 55.8 Å². The Bertz CT molecular complexity index is 1240. The number of hydrogen-bond acceptors (Lipinski definition) is 7. The fourth-order valence-electron chi connectivity index (χ4n) is 2.88. The van der Waals surface area contributed by atoms with Crippen molar-refractivity contribution in [3.8, 4) is 5.69 Å². The van der Waals surface area contributed by atoms with Crippen LogP contribution in [-0.2, 0) is 9.53 Å². The van der Waals surface area contributed by atoms with Gasteiger partial charge in [0.1, 0.15) is 0 Å². The molecule has 30 heavy (non-hydrogen) atoms. The van der Waals surface area contributed by atoms with Gasteiger partial charge in [-0.2, -0.15) is 0 Å². The molecule has 3 aromatic heterocycles. The van der Waals surface area contributed by atoms with Crippen molar-refractivity contribution in [1.29, 1.82) is 0 Å². The summed E-state index contributed by atoms with van der Waals surface area (Å²) in [6.07, 6.45) is 1.76. The van der Waals surface area contributed by atoms with Crippen LogP contribution in [0, 0.1) is 5.82 Å². The Morgan fingerprint density at radius 2 is 2.13 bits per heavy atom. The van der Waals surface area contributed by atoms with E-state index < -0.39 is 22.2 Å². The van der Waals surface area contributed by atoms with Crippen LogP contribution in [0.25, 0.3) is 16.7 Å². The first-order valence-electron chi connectivity index (χ1n) is 8.94. The molecule has 0 spiro atoms. The average Bonchev–Trinajstić information content (AvgIpc) is 2.70. The molecule has 0 aliphatic heterocycles. The highest BCUT2D eigenvalue weighted by atomic mass is 35.5. The first-order valence-corrected chi connectivity index (χ1v) is 10.3. The zero-order valence-corrected chi connectivity index (χ0v) is 17.9. The van der Waals surface area contributed by atoms with Crippen LogP contribution in [0.3, 0.4) is 0 Å². The zero-order valence-electron chi connectivity index (χ0n) is 16.4. The molecule has 0 aromatic carbocycles. The van der Waals surface area contributed by atoms with Crippen molar-refractivity contribution in [1.82, 2.24) is 19.5 Å². The number of methoxy groups -OCH3 is 1. The summed E-state index contributed by atoms with van der Waals surface area (Å²) in [7, 11) is 1.31. The van der Waals surface area contributed by atoms with E-state index in [0.717, 1.165) is 6.07 Å². The first kappa shape index (κ1) is 22.0. The van der Waals surface area contributed by atoms with Crippen molar-refractivity contribution in [2.45, 2.75) is 31.1 Å². The van der Waals surface area contributed by atoms with Gasteiger partial charge in [0.2, 0.25) is 0 Å². The van der Waals surface area contributed by atoms with Gasteiger partial charge in [-0.25, -0.2) is 18.7 Å². The van der Waals surface area contributed by atoms with Gasteiger partial charge >= 0.3 is 11.7 Å². The van der Waals surface area contributed by atoms with E-state index in [1.54, 1.807) is 12.3 Å². The Morgan fingerprint density at radius 1 is 1.40 bits per heavy atom. The van der Waals surface area contributed by atoms with Crippen LogP contribution in [0.15, 0.2) is 32.8 Å². The van der Waals surface area contributed by atoms with Gasteiger partial charge in [0.15, 0.2) is 16.6 Å². The highest BCUT2D eigenvalue weighted by Crippen LogP contribution is 2.32. The minimum absolute atomic E-state index is 0.0835. The van der Waals surface area contributed by atoms with Crippen LogP contribution in [0.4, 0.5) is 4.39 Å². The van der Waals surface area contributed by atoms with Gasteiger partial charge < -0.3 is 4.74 Å². The van der Waals surface area contributed by atoms with Crippen LogP contribution < -0.4 is 11.2 Å². The van der Waals surface area contributed by atoms with Crippen molar-refractivity contribution >= 4 is 40.4 Å². The lowest BCUT2D eigenvalue weighted by Crippen LogP contribution is -2.31. The number of ether oxygens (including phenoxy) is 1. The fraction of sp³-hybridized carbons (Fsp3) is 0.316. The molecular weight excluding hydrogens is 435 g/mol. The van der Waals surface area contributed by atoms with E-state index in [-0.39, 0.29) is 29.3 Å². The molecular formula is C19H18ClFN4O4S. The molecule has 0 atom stereocenters. The summed E-state index contributed by atoms with van der Waals surface area (Å²) in [5, 5.41) is -0.586. The van der Waals surface area contributed by atoms with E-state index in [4.69, 9.17) is 11.6 Å². The molecule has 3 heterocycles. The maximum Gasteiger partial charge on any atom is 0.334 e. The van der Waals surface area contributed by atoms with Crippen molar-refractivity contribution in [2.24, 2.45) is 0 Å². The van der Waals surface area contributed by atoms with Gasteiger partial charge in [-0.15, -0.1) is 11.8 Å². The third kappa shape index (κ3) is 4.24. The molecule has 0 aliphatic rings. The number of halogens is 2. The quantitative estimate of drug-likeness (QED) is 0.348. The molecule has 3 rings (SSSR count). The normalized spacial score (nSPS) is 11.3. The SMILES string of the molecule is COC(=O)CCSc1ccnc(C(C)C)c1-n1c(=O)[nH]c(=O)c2cc(F)c(Cl)nc21. The summed E-state index contributed by atoms with van der Waals surface area (Å²) in [5.41, 5.74) is -0.656. The van der Waals surface area contributed by atoms with Crippen molar-refractivity contribution < 1.29 is 13.9 Å². The Labute approximate surface area is 179 Å². The number of carbonyl (C=O) groups excluding carboxylic acids is 1. The summed E-state index contributed by atoms with van der Waals surface area (Å²) in [6, 6.07) is 2.63. The number of hydrogen-bond donors (Lipinski definition) is 1. The smallest absolute Gasteiger partial charge is 0.334 e. The number of pyridine rings is 2. The number of nitrogens with zero attached hydrogens (tertiary/aromatic N) is 3. The predicted molar refractivity (Wildman–Crippen MR) is 112 cm³/mol. The van der Waals surface area contributed by atoms with E-state index in [2.05, 4.69) is 19.7 Å². The molecule has 8 nitrogen and oxygen atoms in total. The largest absolute Gasteiger partial charge is 0.469 e. The molecule has 1 N–H and O–H groups in total. The third-order valence-electron chi connectivity index (χ3n) is 4.27. The summed E-state index contributed by atoms with van der Waals surface area (Å²) >= 11 is 7.16. The number of carbonyl (C=O) groups is 1. The van der Waals surface area contributed by atoms with E-state index in [1.807, 2.05) is 13.8 Å². The zero-order chi connectivity index (χ0) is 22.0. The van der Waals surface area contributed by atoms with Crippen molar-refractivity contribution in [2.75, 3.05) is 12.9 Å². The standard InChI is InChI=1S/C19H18ClFN4O4S/c1-9(2)14-15(12(4-6-22-14)30-7-5-13(26)29-3)25-17-10(18(27)24-19(25)28)8-11(21)16(20)23-17/h4,6,8-9H,5,7H2,1-3H3,(H,24,27,28). The lowest BCUT2D eigenvalue weighted by molar-refractivity contribution is -0.140. The number of fused-ring (bicyclic) bond motifs is 1. The van der Waals surface area contributed by atoms with E-state index in [9.17, 15) is 18.8 Å². The Morgan fingerprint density at radius 3 is 2.80 bits per heavy atom. The Balaban J connectivity index is 2.30. The lowest BCUT2D eigenvalue weighted by atomic mass is 10.1. The molecule has 158 valence electrons. The van der Waals surface area contributed by atoms with Gasteiger partial charge in [0.25, 0.3) is 5.56 Å². The number of aromatic amines is 1. The monoisotopic (exact) mass is 452 g/mol. The third-order valence-corrected chi connectivity index (χ3v) is 5.58. The molecule has 0 bridgehead atoms. The molecule has 0 saturated carbocycles. The maximum atomic E-state index is 13.9. The molecule has 0 unspecified atom stereocenters. The minimum Gasteiger partial charge on any atom is -0.469 e. The van der Waals surface area contributed by atoms with Gasteiger partial charge in [0.05, 0.1) is 30.3 Å². The number of esters is 1. The number of aromatic nitrogens is 4. The molecule has 0 amide bonds. The molecule has 0 saturated heterocycles. The number of thioether (sulfide) groups is 1. The Kier molecular flexibility index (Phi) is 6.57. The number of rotatable bonds is 6. The number of H-pyrrole nitrogens is 1. The van der Waals surface area contributed by atoms with Crippen molar-refractivity contribution in [3.63, 3.8) is 0 Å². The number of nitrogens with one attached hydrogen (secondary N) is 1. The van der Waals surface area contributed by atoms with E-state index in [1.165, 1.54) is 23.4 Å². The topological polar surface area (TPSA) is 107 Å². The van der Waals surface area contributed by atoms with Gasteiger partial charge in [0, 0.05) is 16.8 Å². The lowest BCUT2D eigenvalue weighted by Gasteiger charge is -2.18. The highest BCUT2D eigenvalue weighted by Gasteiger charge is 2.21. The summed E-state index contributed by atoms with van der Waals surface area (Å²) in [5.74, 6) is -0.938. The second kappa shape index (κ2) is 8.97. The van der Waals surface area contributed by atoms with Crippen LogP contribution in [0.1, 0.15) is 31.9 Å². The second-order valence-electron chi connectivity index (χ2n) is 6.60. The van der Waals surface area contributed by atoms with Gasteiger partial charge in [-0.1, -0.05) is 25.4 Å². The van der Waals surface area contributed by atoms with Gasteiger partial charge in [-0.05, 0) is 18.1 Å². The minimum atomic E-state index is -0.872. The molecule has 3 aromatic rings. The van der Waals surface area contributed by atoms with Crippen LogP contribution in [0.2, 0.25) is 5.15 Å². The molecule has 0 fully saturated rings. The molecule has 0 radical (unpaired) electrons. The first-order chi connectivity index (χ1) is 14.2. The molecule has 0 aliphatic carbocycles. The fourth-order valence-corrected chi connectivity index (χ4v) is 3.99. The van der Waals surface area contributed by atoms with Crippen LogP contribution in [-0.4, -0.2) is 38.4 Å². The van der Waals surface area contributed by atoms with E-state index >= 15 is 0 Å². The maximum absolute atomic E-state index is 13.9. The summed E-state index contributed by atoms with van der Waals surface area (Å²) < 4.78 is 19.8. The van der Waals surface area contributed by atoms with E-state index in [0.29, 0.717) is 22.0 Å². The Hall–Kier alpha value is -2.72. The predicted octanol–water partition coefficient (Wildman–Crippen LogP) is 3.04. The summed E-state index contributed by atoms with van der Waals surface area (Å²) in [6.45, 7) is 3.79. The molecule has 11 heteroatoms. The highest BCUT2D eigenvalue weighted by molar-refractivity contribution is 7.99.